The number of aromatic amines is 1. The van der Waals surface area contributed by atoms with Crippen molar-refractivity contribution in [3.05, 3.63) is 36.2 Å². The Labute approximate surface area is 88.1 Å². The van der Waals surface area contributed by atoms with Crippen molar-refractivity contribution in [1.82, 2.24) is 10.2 Å². The normalized spacial score (nSPS) is 10.3. The van der Waals surface area contributed by atoms with Gasteiger partial charge in [0.05, 0.1) is 13.3 Å². The molecule has 0 saturated carbocycles. The quantitative estimate of drug-likeness (QED) is 0.795. The van der Waals surface area contributed by atoms with E-state index in [0.717, 1.165) is 22.4 Å². The molecule has 0 aliphatic carbocycles. The monoisotopic (exact) mass is 203 g/mol. The molecule has 1 aromatic heterocycles. The van der Waals surface area contributed by atoms with Crippen molar-refractivity contribution in [1.29, 1.82) is 0 Å². The summed E-state index contributed by atoms with van der Waals surface area (Å²) in [7, 11) is 1.65. The number of nitrogens with two attached hydrogens (primary N) is 1. The Hall–Kier alpha value is -1.81. The molecule has 3 N–H and O–H groups in total. The molecule has 2 aromatic rings. The topological polar surface area (TPSA) is 63.9 Å². The number of ether oxygens (including phenoxy) is 1. The summed E-state index contributed by atoms with van der Waals surface area (Å²) in [5.74, 6) is 0.827. The lowest BCUT2D eigenvalue weighted by molar-refractivity contribution is 0.416. The summed E-state index contributed by atoms with van der Waals surface area (Å²) in [6.45, 7) is 0.523. The van der Waals surface area contributed by atoms with E-state index in [1.54, 1.807) is 13.3 Å². The van der Waals surface area contributed by atoms with Gasteiger partial charge < -0.3 is 10.5 Å². The highest BCUT2D eigenvalue weighted by Crippen LogP contribution is 2.29. The smallest absolute Gasteiger partial charge is 0.126 e. The van der Waals surface area contributed by atoms with Gasteiger partial charge in [-0.2, -0.15) is 5.10 Å². The maximum atomic E-state index is 5.60. The first kappa shape index (κ1) is 9.73. The van der Waals surface area contributed by atoms with Gasteiger partial charge in [-0.1, -0.05) is 6.07 Å². The van der Waals surface area contributed by atoms with Crippen LogP contribution in [-0.2, 0) is 6.54 Å². The van der Waals surface area contributed by atoms with Gasteiger partial charge in [-0.3, -0.25) is 5.10 Å². The van der Waals surface area contributed by atoms with E-state index in [-0.39, 0.29) is 0 Å². The fourth-order valence-electron chi connectivity index (χ4n) is 1.51. The Balaban J connectivity index is 2.52. The van der Waals surface area contributed by atoms with Gasteiger partial charge in [-0.05, 0) is 17.7 Å². The largest absolute Gasteiger partial charge is 0.496 e. The molecular weight excluding hydrogens is 190 g/mol. The first-order valence-electron chi connectivity index (χ1n) is 4.71. The summed E-state index contributed by atoms with van der Waals surface area (Å²) in [5.41, 5.74) is 8.69. The number of aromatic nitrogens is 2. The number of methoxy groups -OCH3 is 1. The Bertz CT molecular complexity index is 437. The van der Waals surface area contributed by atoms with Gasteiger partial charge in [0.1, 0.15) is 5.75 Å². The van der Waals surface area contributed by atoms with Crippen LogP contribution in [0.5, 0.6) is 5.75 Å². The molecule has 0 unspecified atom stereocenters. The minimum atomic E-state index is 0.523. The van der Waals surface area contributed by atoms with Gasteiger partial charge in [-0.15, -0.1) is 0 Å². The molecule has 0 aliphatic heterocycles. The fraction of sp³-hybridized carbons (Fsp3) is 0.182. The van der Waals surface area contributed by atoms with Crippen molar-refractivity contribution < 1.29 is 4.74 Å². The van der Waals surface area contributed by atoms with Crippen LogP contribution < -0.4 is 10.5 Å². The van der Waals surface area contributed by atoms with Gasteiger partial charge in [0.2, 0.25) is 0 Å². The summed E-state index contributed by atoms with van der Waals surface area (Å²) in [6.07, 6.45) is 3.59. The maximum Gasteiger partial charge on any atom is 0.126 e. The first-order valence-corrected chi connectivity index (χ1v) is 4.71. The number of hydrogen-bond acceptors (Lipinski definition) is 3. The Morgan fingerprint density at radius 3 is 2.93 bits per heavy atom. The molecule has 4 heteroatoms. The molecule has 0 atom stereocenters. The molecule has 15 heavy (non-hydrogen) atoms. The number of benzene rings is 1. The van der Waals surface area contributed by atoms with Crippen molar-refractivity contribution in [2.45, 2.75) is 6.54 Å². The van der Waals surface area contributed by atoms with E-state index in [1.807, 2.05) is 24.4 Å². The van der Waals surface area contributed by atoms with Crippen LogP contribution in [0.15, 0.2) is 30.6 Å². The SMILES string of the molecule is COc1ccc(CN)cc1-c1cn[nH]c1. The zero-order chi connectivity index (χ0) is 10.7. The van der Waals surface area contributed by atoms with Gasteiger partial charge in [0, 0.05) is 23.9 Å². The number of nitrogens with one attached hydrogen (secondary N) is 1. The van der Waals surface area contributed by atoms with Crippen LogP contribution in [0.4, 0.5) is 0 Å². The van der Waals surface area contributed by atoms with Crippen LogP contribution in [0, 0.1) is 0 Å². The highest BCUT2D eigenvalue weighted by molar-refractivity contribution is 5.69. The van der Waals surface area contributed by atoms with Crippen molar-refractivity contribution in [2.75, 3.05) is 7.11 Å². The zero-order valence-corrected chi connectivity index (χ0v) is 8.53. The summed E-state index contributed by atoms with van der Waals surface area (Å²) in [5, 5.41) is 6.70. The van der Waals surface area contributed by atoms with Gasteiger partial charge in [0.15, 0.2) is 0 Å². The van der Waals surface area contributed by atoms with Crippen LogP contribution in [0.2, 0.25) is 0 Å². The van der Waals surface area contributed by atoms with Crippen LogP contribution in [0.1, 0.15) is 5.56 Å². The second-order valence-electron chi connectivity index (χ2n) is 3.23. The van der Waals surface area contributed by atoms with E-state index in [1.165, 1.54) is 0 Å². The third-order valence-corrected chi connectivity index (χ3v) is 2.31. The van der Waals surface area contributed by atoms with Crippen molar-refractivity contribution >= 4 is 0 Å². The van der Waals surface area contributed by atoms with Crippen LogP contribution >= 0.6 is 0 Å². The molecule has 1 heterocycles. The molecule has 0 saturated heterocycles. The molecule has 0 aliphatic rings. The molecule has 0 fully saturated rings. The fourth-order valence-corrected chi connectivity index (χ4v) is 1.51. The van der Waals surface area contributed by atoms with Crippen LogP contribution in [0.25, 0.3) is 11.1 Å². The lowest BCUT2D eigenvalue weighted by atomic mass is 10.1. The molecule has 1 aromatic carbocycles. The Kier molecular flexibility index (Phi) is 2.69. The van der Waals surface area contributed by atoms with Crippen LogP contribution in [-0.4, -0.2) is 17.3 Å². The maximum absolute atomic E-state index is 5.60. The average Bonchev–Trinajstić information content (AvgIpc) is 2.81. The molecule has 78 valence electrons. The molecule has 2 rings (SSSR count). The highest BCUT2D eigenvalue weighted by Gasteiger charge is 2.07. The molecule has 4 nitrogen and oxygen atoms in total. The summed E-state index contributed by atoms with van der Waals surface area (Å²) < 4.78 is 5.29. The Morgan fingerprint density at radius 2 is 2.33 bits per heavy atom. The van der Waals surface area contributed by atoms with Crippen molar-refractivity contribution in [2.24, 2.45) is 5.73 Å². The summed E-state index contributed by atoms with van der Waals surface area (Å²) in [6, 6.07) is 5.90. The molecule has 0 radical (unpaired) electrons. The minimum absolute atomic E-state index is 0.523. The molecular formula is C11H13N3O. The molecule has 0 spiro atoms. The van der Waals surface area contributed by atoms with Gasteiger partial charge in [0.25, 0.3) is 0 Å². The van der Waals surface area contributed by atoms with Crippen LogP contribution in [0.3, 0.4) is 0 Å². The first-order chi connectivity index (χ1) is 7.35. The van der Waals surface area contributed by atoms with Gasteiger partial charge in [-0.25, -0.2) is 0 Å². The Morgan fingerprint density at radius 1 is 1.47 bits per heavy atom. The van der Waals surface area contributed by atoms with E-state index >= 15 is 0 Å². The summed E-state index contributed by atoms with van der Waals surface area (Å²) in [4.78, 5) is 0. The van der Waals surface area contributed by atoms with E-state index in [2.05, 4.69) is 10.2 Å². The van der Waals surface area contributed by atoms with E-state index in [4.69, 9.17) is 10.5 Å². The third-order valence-electron chi connectivity index (χ3n) is 2.31. The lowest BCUT2D eigenvalue weighted by Gasteiger charge is -2.08. The summed E-state index contributed by atoms with van der Waals surface area (Å²) >= 11 is 0. The van der Waals surface area contributed by atoms with Gasteiger partial charge >= 0.3 is 0 Å². The molecule has 0 bridgehead atoms. The second kappa shape index (κ2) is 4.14. The number of nitrogens with zero attached hydrogens (tertiary/aromatic N) is 1. The predicted molar refractivity (Wildman–Crippen MR) is 58.5 cm³/mol. The van der Waals surface area contributed by atoms with Crippen molar-refractivity contribution in [3.63, 3.8) is 0 Å². The zero-order valence-electron chi connectivity index (χ0n) is 8.53. The van der Waals surface area contributed by atoms with E-state index in [9.17, 15) is 0 Å². The van der Waals surface area contributed by atoms with E-state index in [0.29, 0.717) is 6.54 Å². The van der Waals surface area contributed by atoms with E-state index < -0.39 is 0 Å². The second-order valence-corrected chi connectivity index (χ2v) is 3.23. The predicted octanol–water partition coefficient (Wildman–Crippen LogP) is 1.54. The average molecular weight is 203 g/mol. The molecule has 0 amide bonds. The van der Waals surface area contributed by atoms with Crippen molar-refractivity contribution in [3.8, 4) is 16.9 Å². The standard InChI is InChI=1S/C11H13N3O/c1-15-11-3-2-8(5-12)4-10(11)9-6-13-14-7-9/h2-4,6-7H,5,12H2,1H3,(H,13,14). The highest BCUT2D eigenvalue weighted by atomic mass is 16.5. The number of H-pyrrole nitrogens is 1. The third kappa shape index (κ3) is 1.85. The number of rotatable bonds is 3. The lowest BCUT2D eigenvalue weighted by Crippen LogP contribution is -1.97. The number of hydrogen-bond donors (Lipinski definition) is 2. The minimum Gasteiger partial charge on any atom is -0.496 e.